The Kier molecular flexibility index (Phi) is 4.44. The van der Waals surface area contributed by atoms with E-state index >= 15 is 0 Å². The van der Waals surface area contributed by atoms with E-state index in [9.17, 15) is 9.59 Å². The summed E-state index contributed by atoms with van der Waals surface area (Å²) in [6.45, 7) is 2.28. The van der Waals surface area contributed by atoms with E-state index in [4.69, 9.17) is 16.0 Å². The fraction of sp³-hybridized carbons (Fsp3) is 0.120. The van der Waals surface area contributed by atoms with Gasteiger partial charge in [0, 0.05) is 11.6 Å². The van der Waals surface area contributed by atoms with Gasteiger partial charge in [-0.1, -0.05) is 71.8 Å². The van der Waals surface area contributed by atoms with Crippen LogP contribution in [0.25, 0.3) is 11.0 Å². The maximum absolute atomic E-state index is 13.4. The molecule has 1 unspecified atom stereocenters. The second-order valence-corrected chi connectivity index (χ2v) is 7.92. The molecule has 0 fully saturated rings. The number of hydrogen-bond acceptors (Lipinski definition) is 3. The number of fused-ring (bicyclic) bond motifs is 2. The summed E-state index contributed by atoms with van der Waals surface area (Å²) in [5.74, 6) is -0.199. The molecule has 0 radical (unpaired) electrons. The molecular weight excluding hydrogens is 398 g/mol. The first-order valence-electron chi connectivity index (χ1n) is 9.71. The van der Waals surface area contributed by atoms with E-state index in [0.717, 1.165) is 16.7 Å². The maximum atomic E-state index is 13.4. The lowest BCUT2D eigenvalue weighted by atomic mass is 9.97. The van der Waals surface area contributed by atoms with Crippen molar-refractivity contribution in [2.24, 2.45) is 0 Å². The van der Waals surface area contributed by atoms with Crippen molar-refractivity contribution in [3.63, 3.8) is 0 Å². The Bertz CT molecular complexity index is 1340. The summed E-state index contributed by atoms with van der Waals surface area (Å²) >= 11 is 6.37. The first-order chi connectivity index (χ1) is 14.5. The van der Waals surface area contributed by atoms with E-state index in [1.165, 1.54) is 0 Å². The average Bonchev–Trinajstić information content (AvgIpc) is 3.03. The molecule has 1 aromatic heterocycles. The number of benzene rings is 3. The predicted octanol–water partition coefficient (Wildman–Crippen LogP) is 5.50. The molecule has 1 aliphatic heterocycles. The third-order valence-corrected chi connectivity index (χ3v) is 5.93. The highest BCUT2D eigenvalue weighted by Gasteiger charge is 2.42. The number of amides is 1. The SMILES string of the molecule is Cc1ccc(C2c3c(oc4ccccc4c3=O)C(=O)N2Cc2ccccc2Cl)cc1. The summed E-state index contributed by atoms with van der Waals surface area (Å²) in [6, 6.07) is 21.8. The van der Waals surface area contributed by atoms with Crippen LogP contribution in [0, 0.1) is 6.92 Å². The lowest BCUT2D eigenvalue weighted by Crippen LogP contribution is -2.29. The first-order valence-corrected chi connectivity index (χ1v) is 10.1. The van der Waals surface area contributed by atoms with Crippen molar-refractivity contribution in [2.45, 2.75) is 19.5 Å². The van der Waals surface area contributed by atoms with Gasteiger partial charge in [0.25, 0.3) is 5.91 Å². The fourth-order valence-corrected chi connectivity index (χ4v) is 4.23. The standard InChI is InChI=1S/C25H18ClNO3/c1-15-10-12-16(13-11-15)22-21-23(28)18-7-3-5-9-20(18)30-24(21)25(29)27(22)14-17-6-2-4-8-19(17)26/h2-13,22H,14H2,1H3. The van der Waals surface area contributed by atoms with Crippen molar-refractivity contribution in [3.05, 3.63) is 116 Å². The zero-order valence-electron chi connectivity index (χ0n) is 16.3. The normalized spacial score (nSPS) is 15.6. The van der Waals surface area contributed by atoms with Crippen LogP contribution in [0.3, 0.4) is 0 Å². The Hall–Kier alpha value is -3.37. The molecule has 0 bridgehead atoms. The smallest absolute Gasteiger partial charge is 0.291 e. The van der Waals surface area contributed by atoms with Crippen LogP contribution in [0.4, 0.5) is 0 Å². The van der Waals surface area contributed by atoms with E-state index in [2.05, 4.69) is 0 Å². The average molecular weight is 416 g/mol. The molecule has 3 aromatic carbocycles. The Balaban J connectivity index is 1.73. The van der Waals surface area contributed by atoms with Crippen LogP contribution in [0.1, 0.15) is 38.9 Å². The lowest BCUT2D eigenvalue weighted by molar-refractivity contribution is 0.0714. The van der Waals surface area contributed by atoms with Gasteiger partial charge in [-0.2, -0.15) is 0 Å². The van der Waals surface area contributed by atoms with Gasteiger partial charge in [-0.3, -0.25) is 9.59 Å². The molecule has 5 rings (SSSR count). The quantitative estimate of drug-likeness (QED) is 0.444. The number of aryl methyl sites for hydroxylation is 1. The van der Waals surface area contributed by atoms with Crippen molar-refractivity contribution in [1.29, 1.82) is 0 Å². The number of nitrogens with zero attached hydrogens (tertiary/aromatic N) is 1. The van der Waals surface area contributed by atoms with Crippen LogP contribution in [-0.4, -0.2) is 10.8 Å². The van der Waals surface area contributed by atoms with Gasteiger partial charge in [0.1, 0.15) is 5.58 Å². The minimum atomic E-state index is -0.537. The molecule has 148 valence electrons. The highest BCUT2D eigenvalue weighted by Crippen LogP contribution is 2.39. The summed E-state index contributed by atoms with van der Waals surface area (Å²) < 4.78 is 5.95. The van der Waals surface area contributed by atoms with Gasteiger partial charge in [0.05, 0.1) is 17.0 Å². The zero-order valence-corrected chi connectivity index (χ0v) is 17.0. The van der Waals surface area contributed by atoms with Gasteiger partial charge in [-0.25, -0.2) is 0 Å². The van der Waals surface area contributed by atoms with Crippen molar-refractivity contribution in [3.8, 4) is 0 Å². The number of halogens is 1. The second kappa shape index (κ2) is 7.15. The number of carbonyl (C=O) groups is 1. The molecule has 4 aromatic rings. The van der Waals surface area contributed by atoms with Crippen LogP contribution in [-0.2, 0) is 6.54 Å². The molecule has 0 spiro atoms. The summed E-state index contributed by atoms with van der Waals surface area (Å²) in [4.78, 5) is 28.5. The Morgan fingerprint density at radius 3 is 2.40 bits per heavy atom. The minimum absolute atomic E-state index is 0.108. The van der Waals surface area contributed by atoms with E-state index in [1.807, 2.05) is 49.4 Å². The van der Waals surface area contributed by atoms with E-state index < -0.39 is 6.04 Å². The fourth-order valence-electron chi connectivity index (χ4n) is 4.04. The molecule has 0 aliphatic carbocycles. The van der Waals surface area contributed by atoms with E-state index in [1.54, 1.807) is 35.2 Å². The predicted molar refractivity (Wildman–Crippen MR) is 117 cm³/mol. The Labute approximate surface area is 178 Å². The van der Waals surface area contributed by atoms with Crippen LogP contribution in [0.15, 0.2) is 82.0 Å². The van der Waals surface area contributed by atoms with Crippen molar-refractivity contribution < 1.29 is 9.21 Å². The molecule has 5 heteroatoms. The van der Waals surface area contributed by atoms with Gasteiger partial charge in [-0.15, -0.1) is 0 Å². The van der Waals surface area contributed by atoms with E-state index in [-0.39, 0.29) is 23.6 Å². The molecule has 1 amide bonds. The molecule has 2 heterocycles. The van der Waals surface area contributed by atoms with Crippen LogP contribution in [0.2, 0.25) is 5.02 Å². The van der Waals surface area contributed by atoms with Gasteiger partial charge in [0.2, 0.25) is 5.76 Å². The topological polar surface area (TPSA) is 50.5 Å². The van der Waals surface area contributed by atoms with Crippen LogP contribution < -0.4 is 5.43 Å². The second-order valence-electron chi connectivity index (χ2n) is 7.51. The third kappa shape index (κ3) is 2.92. The van der Waals surface area contributed by atoms with Gasteiger partial charge >= 0.3 is 0 Å². The van der Waals surface area contributed by atoms with Crippen molar-refractivity contribution in [1.82, 2.24) is 4.90 Å². The molecule has 0 N–H and O–H groups in total. The first kappa shape index (κ1) is 18.6. The number of carbonyl (C=O) groups excluding carboxylic acids is 1. The van der Waals surface area contributed by atoms with Crippen LogP contribution in [0.5, 0.6) is 0 Å². The van der Waals surface area contributed by atoms with Gasteiger partial charge in [-0.05, 0) is 36.2 Å². The molecule has 4 nitrogen and oxygen atoms in total. The van der Waals surface area contributed by atoms with Gasteiger partial charge < -0.3 is 9.32 Å². The highest BCUT2D eigenvalue weighted by atomic mass is 35.5. The molecule has 0 saturated heterocycles. The van der Waals surface area contributed by atoms with Crippen molar-refractivity contribution in [2.75, 3.05) is 0 Å². The third-order valence-electron chi connectivity index (χ3n) is 5.56. The molecule has 1 atom stereocenters. The number of rotatable bonds is 3. The van der Waals surface area contributed by atoms with Crippen LogP contribution >= 0.6 is 11.6 Å². The summed E-state index contributed by atoms with van der Waals surface area (Å²) in [5, 5.41) is 1.05. The number of hydrogen-bond donors (Lipinski definition) is 0. The Morgan fingerprint density at radius 1 is 0.933 bits per heavy atom. The summed E-state index contributed by atoms with van der Waals surface area (Å²) in [5.41, 5.74) is 3.40. The maximum Gasteiger partial charge on any atom is 0.291 e. The Morgan fingerprint density at radius 2 is 1.63 bits per heavy atom. The van der Waals surface area contributed by atoms with E-state index in [0.29, 0.717) is 21.6 Å². The number of para-hydroxylation sites is 1. The highest BCUT2D eigenvalue weighted by molar-refractivity contribution is 6.31. The largest absolute Gasteiger partial charge is 0.450 e. The minimum Gasteiger partial charge on any atom is -0.450 e. The monoisotopic (exact) mass is 415 g/mol. The van der Waals surface area contributed by atoms with Gasteiger partial charge in [0.15, 0.2) is 5.43 Å². The summed E-state index contributed by atoms with van der Waals surface area (Å²) in [6.07, 6.45) is 0. The summed E-state index contributed by atoms with van der Waals surface area (Å²) in [7, 11) is 0. The lowest BCUT2D eigenvalue weighted by Gasteiger charge is -2.25. The van der Waals surface area contributed by atoms with Crippen molar-refractivity contribution >= 4 is 28.5 Å². The molecule has 30 heavy (non-hydrogen) atoms. The zero-order chi connectivity index (χ0) is 20.8. The molecular formula is C25H18ClNO3. The molecule has 1 aliphatic rings. The molecule has 0 saturated carbocycles.